The highest BCUT2D eigenvalue weighted by Crippen LogP contribution is 2.47. The van der Waals surface area contributed by atoms with Gasteiger partial charge in [0.25, 0.3) is 0 Å². The Morgan fingerprint density at radius 1 is 0.927 bits per heavy atom. The maximum Gasteiger partial charge on any atom is 0.348 e. The maximum atomic E-state index is 14.4. The zero-order chi connectivity index (χ0) is 29.0. The van der Waals surface area contributed by atoms with E-state index < -0.39 is 35.8 Å². The lowest BCUT2D eigenvalue weighted by molar-refractivity contribution is -0.956. The molecule has 3 fully saturated rings. The molecule has 3 aliphatic rings. The van der Waals surface area contributed by atoms with Crippen LogP contribution in [0, 0.1) is 0 Å². The monoisotopic (exact) mass is 564 g/mol. The van der Waals surface area contributed by atoms with Crippen LogP contribution >= 0.6 is 0 Å². The van der Waals surface area contributed by atoms with Gasteiger partial charge in [0.1, 0.15) is 12.1 Å². The van der Waals surface area contributed by atoms with Gasteiger partial charge in [-0.2, -0.15) is 0 Å². The number of piperidine rings is 1. The number of hydrogen-bond donors (Lipinski definition) is 2. The van der Waals surface area contributed by atoms with Gasteiger partial charge in [-0.25, -0.2) is 4.79 Å². The largest absolute Gasteiger partial charge is 0.459 e. The first-order chi connectivity index (χ1) is 19.7. The number of hydrogen-bond acceptors (Lipinski definition) is 7. The third kappa shape index (κ3) is 5.89. The number of benzene rings is 2. The highest BCUT2D eigenvalue weighted by atomic mass is 16.7. The highest BCUT2D eigenvalue weighted by molar-refractivity contribution is 5.86. The topological polar surface area (TPSA) is 131 Å². The first-order valence-corrected chi connectivity index (χ1v) is 14.9. The number of ether oxygens (including phenoxy) is 3. The van der Waals surface area contributed by atoms with Crippen LogP contribution in [0.1, 0.15) is 69.4 Å². The van der Waals surface area contributed by atoms with Crippen LogP contribution in [-0.4, -0.2) is 65.9 Å². The van der Waals surface area contributed by atoms with E-state index in [2.05, 4.69) is 0 Å². The fourth-order valence-electron chi connectivity index (χ4n) is 7.41. The summed E-state index contributed by atoms with van der Waals surface area (Å²) >= 11 is 0. The molecule has 1 amide bonds. The molecule has 9 heteroatoms. The molecule has 4 atom stereocenters. The van der Waals surface area contributed by atoms with E-state index in [1.807, 2.05) is 60.7 Å². The van der Waals surface area contributed by atoms with E-state index in [1.54, 1.807) is 6.92 Å². The third-order valence-corrected chi connectivity index (χ3v) is 9.31. The number of carbonyl (C=O) groups is 3. The average Bonchev–Trinajstić information content (AvgIpc) is 3.51. The zero-order valence-electron chi connectivity index (χ0n) is 23.8. The summed E-state index contributed by atoms with van der Waals surface area (Å²) in [6, 6.07) is 18.3. The van der Waals surface area contributed by atoms with Crippen molar-refractivity contribution in [2.45, 2.75) is 94.4 Å². The molecular weight excluding hydrogens is 522 g/mol. The smallest absolute Gasteiger partial charge is 0.348 e. The van der Waals surface area contributed by atoms with Crippen LogP contribution in [0.3, 0.4) is 0 Å². The van der Waals surface area contributed by atoms with Crippen molar-refractivity contribution in [3.8, 4) is 0 Å². The van der Waals surface area contributed by atoms with Gasteiger partial charge in [-0.15, -0.1) is 0 Å². The van der Waals surface area contributed by atoms with Gasteiger partial charge in [0.15, 0.2) is 0 Å². The molecule has 3 saturated heterocycles. The molecule has 0 radical (unpaired) electrons. The van der Waals surface area contributed by atoms with Crippen molar-refractivity contribution in [2.24, 2.45) is 11.5 Å². The Morgan fingerprint density at radius 2 is 1.46 bits per heavy atom. The van der Waals surface area contributed by atoms with Gasteiger partial charge in [-0.1, -0.05) is 60.7 Å². The molecule has 3 unspecified atom stereocenters. The van der Waals surface area contributed by atoms with Crippen LogP contribution in [0.2, 0.25) is 0 Å². The predicted octanol–water partition coefficient (Wildman–Crippen LogP) is 3.28. The van der Waals surface area contributed by atoms with Crippen LogP contribution in [0.4, 0.5) is 0 Å². The first kappa shape index (κ1) is 29.2. The number of primary amides is 1. The van der Waals surface area contributed by atoms with Gasteiger partial charge in [0.05, 0.1) is 25.2 Å². The highest BCUT2D eigenvalue weighted by Gasteiger charge is 2.57. The van der Waals surface area contributed by atoms with Crippen LogP contribution in [0.15, 0.2) is 60.7 Å². The molecule has 3 heterocycles. The second-order valence-electron chi connectivity index (χ2n) is 11.8. The number of carbonyl (C=O) groups excluding carboxylic acids is 3. The standard InChI is InChI=1S/C32H41N3O6/c1-22(39-30(37)28(33)16-17-29(34)36)41-32(23-10-4-2-5-11-23,24-12-6-3-7-13-24)31(38)40-27-20-25-14-15-26(21-27)35(25)18-8-9-19-35/h2-7,10-13,22,25-28H,8-9,14-21,33H2,1H3,(H-,34,36)/p+1/t22?,25?,26?,27?,28-/m0/s1. The number of esters is 2. The Bertz CT molecular complexity index is 1160. The molecule has 41 heavy (non-hydrogen) atoms. The minimum absolute atomic E-state index is 0.0425. The van der Waals surface area contributed by atoms with Gasteiger partial charge in [0, 0.05) is 44.9 Å². The summed E-state index contributed by atoms with van der Waals surface area (Å²) in [4.78, 5) is 38.3. The van der Waals surface area contributed by atoms with Gasteiger partial charge in [-0.3, -0.25) is 9.59 Å². The van der Waals surface area contributed by atoms with Crippen LogP contribution in [0.5, 0.6) is 0 Å². The van der Waals surface area contributed by atoms with E-state index >= 15 is 0 Å². The lowest BCUT2D eigenvalue weighted by Crippen LogP contribution is -2.60. The molecule has 3 aliphatic heterocycles. The second kappa shape index (κ2) is 12.3. The Kier molecular flexibility index (Phi) is 8.77. The van der Waals surface area contributed by atoms with Crippen molar-refractivity contribution in [1.29, 1.82) is 0 Å². The average molecular weight is 565 g/mol. The van der Waals surface area contributed by atoms with Crippen molar-refractivity contribution in [2.75, 3.05) is 13.1 Å². The molecule has 4 N–H and O–H groups in total. The summed E-state index contributed by atoms with van der Waals surface area (Å²) in [5.74, 6) is -1.83. The Morgan fingerprint density at radius 3 is 1.98 bits per heavy atom. The lowest BCUT2D eigenvalue weighted by atomic mass is 9.85. The predicted molar refractivity (Wildman–Crippen MR) is 152 cm³/mol. The Balaban J connectivity index is 1.41. The second-order valence-corrected chi connectivity index (χ2v) is 11.8. The fraction of sp³-hybridized carbons (Fsp3) is 0.531. The third-order valence-electron chi connectivity index (χ3n) is 9.31. The summed E-state index contributed by atoms with van der Waals surface area (Å²) in [5.41, 5.74) is 10.6. The lowest BCUT2D eigenvalue weighted by Gasteiger charge is -2.47. The fourth-order valence-corrected chi connectivity index (χ4v) is 7.41. The number of nitrogens with zero attached hydrogens (tertiary/aromatic N) is 1. The summed E-state index contributed by atoms with van der Waals surface area (Å²) < 4.78 is 19.6. The molecule has 0 aromatic heterocycles. The minimum atomic E-state index is -1.68. The molecule has 2 bridgehead atoms. The number of nitrogens with two attached hydrogens (primary N) is 2. The maximum absolute atomic E-state index is 14.4. The van der Waals surface area contributed by atoms with E-state index in [9.17, 15) is 14.4 Å². The summed E-state index contributed by atoms with van der Waals surface area (Å²) in [6.45, 7) is 4.03. The molecule has 5 rings (SSSR count). The van der Waals surface area contributed by atoms with Crippen molar-refractivity contribution in [3.63, 3.8) is 0 Å². The SMILES string of the molecule is CC(OC(=O)[C@@H](N)CCC(N)=O)OC(C(=O)OC1CC2CCC(C1)[N+]21CCCC1)(c1ccccc1)c1ccccc1. The number of rotatable bonds is 11. The van der Waals surface area contributed by atoms with Crippen LogP contribution in [0.25, 0.3) is 0 Å². The number of amides is 1. The van der Waals surface area contributed by atoms with E-state index in [1.165, 1.54) is 43.3 Å². The van der Waals surface area contributed by atoms with Crippen molar-refractivity contribution < 1.29 is 33.1 Å². The molecule has 9 nitrogen and oxygen atoms in total. The van der Waals surface area contributed by atoms with Crippen LogP contribution in [-0.2, 0) is 34.2 Å². The molecule has 1 spiro atoms. The minimum Gasteiger partial charge on any atom is -0.459 e. The van der Waals surface area contributed by atoms with Gasteiger partial charge >= 0.3 is 11.9 Å². The normalized spacial score (nSPS) is 24.5. The summed E-state index contributed by atoms with van der Waals surface area (Å²) in [6.07, 6.45) is 5.26. The molecule has 0 aliphatic carbocycles. The molecular formula is C32H42N3O6+. The van der Waals surface area contributed by atoms with Gasteiger partial charge in [0.2, 0.25) is 17.8 Å². The molecule has 0 saturated carbocycles. The van der Waals surface area contributed by atoms with E-state index in [-0.39, 0.29) is 18.9 Å². The molecule has 220 valence electrons. The van der Waals surface area contributed by atoms with Crippen molar-refractivity contribution in [3.05, 3.63) is 71.8 Å². The molecule has 2 aromatic carbocycles. The van der Waals surface area contributed by atoms with Crippen LogP contribution < -0.4 is 11.5 Å². The Hall–Kier alpha value is -3.27. The summed E-state index contributed by atoms with van der Waals surface area (Å²) in [5, 5.41) is 0. The molecule has 2 aromatic rings. The van der Waals surface area contributed by atoms with E-state index in [0.29, 0.717) is 23.2 Å². The van der Waals surface area contributed by atoms with E-state index in [4.69, 9.17) is 25.7 Å². The van der Waals surface area contributed by atoms with Crippen molar-refractivity contribution in [1.82, 2.24) is 0 Å². The zero-order valence-corrected chi connectivity index (χ0v) is 23.8. The van der Waals surface area contributed by atoms with E-state index in [0.717, 1.165) is 12.8 Å². The Labute approximate surface area is 241 Å². The summed E-state index contributed by atoms with van der Waals surface area (Å²) in [7, 11) is 0. The number of quaternary nitrogens is 1. The van der Waals surface area contributed by atoms with Crippen molar-refractivity contribution >= 4 is 17.8 Å². The quantitative estimate of drug-likeness (QED) is 0.243. The first-order valence-electron chi connectivity index (χ1n) is 14.9. The van der Waals surface area contributed by atoms with Gasteiger partial charge < -0.3 is 30.2 Å². The van der Waals surface area contributed by atoms with Gasteiger partial charge in [-0.05, 0) is 24.5 Å².